The lowest BCUT2D eigenvalue weighted by Crippen LogP contribution is -2.35. The zero-order chi connectivity index (χ0) is 13.5. The summed E-state index contributed by atoms with van der Waals surface area (Å²) in [5.74, 6) is -1.22. The molecule has 1 rings (SSSR count). The Bertz CT molecular complexity index is 338. The van der Waals surface area contributed by atoms with E-state index in [4.69, 9.17) is 9.84 Å². The number of rotatable bonds is 6. The Balaban J connectivity index is 2.52. The molecule has 0 radical (unpaired) electrons. The van der Waals surface area contributed by atoms with Crippen molar-refractivity contribution in [3.05, 3.63) is 11.8 Å². The maximum Gasteiger partial charge on any atom is 0.332 e. The summed E-state index contributed by atoms with van der Waals surface area (Å²) in [5.41, 5.74) is 1.04. The van der Waals surface area contributed by atoms with Crippen LogP contribution < -0.4 is 0 Å². The number of hydrogen-bond acceptors (Lipinski definition) is 3. The number of amides is 1. The number of carboxylic acids is 1. The first-order valence-electron chi connectivity index (χ1n) is 6.40. The van der Waals surface area contributed by atoms with Crippen molar-refractivity contribution in [2.24, 2.45) is 0 Å². The maximum absolute atomic E-state index is 12.0. The van der Waals surface area contributed by atoms with Crippen LogP contribution in [0, 0.1) is 0 Å². The third-order valence-corrected chi connectivity index (χ3v) is 3.04. The molecule has 5 heteroatoms. The Labute approximate surface area is 107 Å². The minimum Gasteiger partial charge on any atom is -0.479 e. The number of allylic oxidation sites excluding steroid dienone is 2. The Morgan fingerprint density at radius 1 is 1.50 bits per heavy atom. The molecule has 1 atom stereocenters. The van der Waals surface area contributed by atoms with Crippen molar-refractivity contribution in [2.75, 3.05) is 13.2 Å². The minimum absolute atomic E-state index is 0.168. The summed E-state index contributed by atoms with van der Waals surface area (Å²) in [4.78, 5) is 24.2. The monoisotopic (exact) mass is 255 g/mol. The van der Waals surface area contributed by atoms with Gasteiger partial charge in [0.1, 0.15) is 6.61 Å². The van der Waals surface area contributed by atoms with Crippen molar-refractivity contribution >= 4 is 11.9 Å². The van der Waals surface area contributed by atoms with Gasteiger partial charge in [0.25, 0.3) is 5.91 Å². The highest BCUT2D eigenvalue weighted by Gasteiger charge is 2.20. The van der Waals surface area contributed by atoms with Crippen molar-refractivity contribution in [2.45, 2.75) is 45.6 Å². The molecule has 0 aliphatic heterocycles. The average molecular weight is 255 g/mol. The first kappa shape index (κ1) is 14.7. The van der Waals surface area contributed by atoms with Crippen LogP contribution in [0.5, 0.6) is 0 Å². The van der Waals surface area contributed by atoms with Gasteiger partial charge in [-0.2, -0.15) is 0 Å². The van der Waals surface area contributed by atoms with E-state index in [-0.39, 0.29) is 12.5 Å². The van der Waals surface area contributed by atoms with E-state index in [2.05, 4.69) is 6.08 Å². The SMILES string of the molecule is CCN(C(=O)CO[C@@H](C)C(=O)O)C1=CCCCC1. The van der Waals surface area contributed by atoms with Gasteiger partial charge < -0.3 is 14.7 Å². The Hall–Kier alpha value is -1.36. The molecule has 0 aromatic heterocycles. The largest absolute Gasteiger partial charge is 0.479 e. The molecule has 1 amide bonds. The normalized spacial score (nSPS) is 16.9. The van der Waals surface area contributed by atoms with Crippen LogP contribution in [0.25, 0.3) is 0 Å². The average Bonchev–Trinajstić information content (AvgIpc) is 2.38. The van der Waals surface area contributed by atoms with E-state index in [1.807, 2.05) is 6.92 Å². The fourth-order valence-corrected chi connectivity index (χ4v) is 1.95. The van der Waals surface area contributed by atoms with Crippen LogP contribution in [0.15, 0.2) is 11.8 Å². The molecule has 1 aliphatic rings. The Morgan fingerprint density at radius 3 is 2.72 bits per heavy atom. The molecule has 18 heavy (non-hydrogen) atoms. The molecule has 0 bridgehead atoms. The van der Waals surface area contributed by atoms with Crippen LogP contribution in [0.4, 0.5) is 0 Å². The van der Waals surface area contributed by atoms with Crippen LogP contribution in [-0.2, 0) is 14.3 Å². The van der Waals surface area contributed by atoms with Gasteiger partial charge in [0, 0.05) is 12.2 Å². The topological polar surface area (TPSA) is 66.8 Å². The van der Waals surface area contributed by atoms with Gasteiger partial charge >= 0.3 is 5.97 Å². The van der Waals surface area contributed by atoms with Gasteiger partial charge in [-0.15, -0.1) is 0 Å². The molecular weight excluding hydrogens is 234 g/mol. The molecule has 0 heterocycles. The molecule has 1 N–H and O–H groups in total. The van der Waals surface area contributed by atoms with Crippen LogP contribution in [0.1, 0.15) is 39.5 Å². The van der Waals surface area contributed by atoms with E-state index in [0.29, 0.717) is 6.54 Å². The number of aliphatic carboxylic acids is 1. The van der Waals surface area contributed by atoms with Crippen LogP contribution >= 0.6 is 0 Å². The number of nitrogens with zero attached hydrogens (tertiary/aromatic N) is 1. The lowest BCUT2D eigenvalue weighted by molar-refractivity contribution is -0.152. The van der Waals surface area contributed by atoms with Gasteiger partial charge in [-0.25, -0.2) is 4.79 Å². The third-order valence-electron chi connectivity index (χ3n) is 3.04. The molecule has 0 spiro atoms. The zero-order valence-electron chi connectivity index (χ0n) is 11.0. The van der Waals surface area contributed by atoms with Crippen molar-refractivity contribution in [1.82, 2.24) is 4.90 Å². The number of carboxylic acid groups (broad SMARTS) is 1. The highest BCUT2D eigenvalue weighted by atomic mass is 16.5. The van der Waals surface area contributed by atoms with E-state index in [9.17, 15) is 9.59 Å². The molecule has 1 aliphatic carbocycles. The summed E-state index contributed by atoms with van der Waals surface area (Å²) in [6, 6.07) is 0. The smallest absolute Gasteiger partial charge is 0.332 e. The standard InChI is InChI=1S/C13H21NO4/c1-3-14(11-7-5-4-6-8-11)12(15)9-18-10(2)13(16)17/h7,10H,3-6,8-9H2,1-2H3,(H,16,17)/t10-/m0/s1. The molecule has 0 saturated carbocycles. The third kappa shape index (κ3) is 4.14. The molecule has 0 unspecified atom stereocenters. The quantitative estimate of drug-likeness (QED) is 0.785. The van der Waals surface area contributed by atoms with Crippen molar-refractivity contribution in [3.63, 3.8) is 0 Å². The number of likely N-dealkylation sites (N-methyl/N-ethyl adjacent to an activating group) is 1. The zero-order valence-corrected chi connectivity index (χ0v) is 11.0. The number of hydrogen-bond donors (Lipinski definition) is 1. The minimum atomic E-state index is -1.05. The Kier molecular flexibility index (Phi) is 5.85. The van der Waals surface area contributed by atoms with E-state index in [0.717, 1.165) is 25.0 Å². The van der Waals surface area contributed by atoms with Crippen molar-refractivity contribution in [1.29, 1.82) is 0 Å². The summed E-state index contributed by atoms with van der Waals surface area (Å²) in [6.07, 6.45) is 5.32. The summed E-state index contributed by atoms with van der Waals surface area (Å²) in [6.45, 7) is 3.74. The molecular formula is C13H21NO4. The highest BCUT2D eigenvalue weighted by Crippen LogP contribution is 2.20. The molecule has 0 aromatic rings. The molecule has 0 aromatic carbocycles. The predicted octanol–water partition coefficient (Wildman–Crippen LogP) is 1.78. The van der Waals surface area contributed by atoms with Gasteiger partial charge in [-0.05, 0) is 39.5 Å². The van der Waals surface area contributed by atoms with Crippen LogP contribution in [-0.4, -0.2) is 41.1 Å². The van der Waals surface area contributed by atoms with Gasteiger partial charge in [0.05, 0.1) is 0 Å². The summed E-state index contributed by atoms with van der Waals surface area (Å²) in [7, 11) is 0. The molecule has 5 nitrogen and oxygen atoms in total. The van der Waals surface area contributed by atoms with Crippen LogP contribution in [0.3, 0.4) is 0 Å². The molecule has 0 saturated heterocycles. The second kappa shape index (κ2) is 7.16. The highest BCUT2D eigenvalue weighted by molar-refractivity contribution is 5.80. The first-order valence-corrected chi connectivity index (χ1v) is 6.40. The lowest BCUT2D eigenvalue weighted by Gasteiger charge is -2.26. The van der Waals surface area contributed by atoms with Gasteiger partial charge in [-0.1, -0.05) is 6.08 Å². The summed E-state index contributed by atoms with van der Waals surface area (Å²) in [5, 5.41) is 8.68. The molecule has 0 fully saturated rings. The number of carbonyl (C=O) groups excluding carboxylic acids is 1. The maximum atomic E-state index is 12.0. The fourth-order valence-electron chi connectivity index (χ4n) is 1.95. The van der Waals surface area contributed by atoms with Crippen molar-refractivity contribution in [3.8, 4) is 0 Å². The second-order valence-corrected chi connectivity index (χ2v) is 4.37. The first-order chi connectivity index (χ1) is 8.56. The van der Waals surface area contributed by atoms with E-state index in [1.165, 1.54) is 13.3 Å². The van der Waals surface area contributed by atoms with Crippen LogP contribution in [0.2, 0.25) is 0 Å². The van der Waals surface area contributed by atoms with Gasteiger partial charge in [-0.3, -0.25) is 4.79 Å². The second-order valence-electron chi connectivity index (χ2n) is 4.37. The summed E-state index contributed by atoms with van der Waals surface area (Å²) >= 11 is 0. The van der Waals surface area contributed by atoms with Crippen molar-refractivity contribution < 1.29 is 19.4 Å². The van der Waals surface area contributed by atoms with E-state index >= 15 is 0 Å². The molecule has 102 valence electrons. The Morgan fingerprint density at radius 2 is 2.22 bits per heavy atom. The summed E-state index contributed by atoms with van der Waals surface area (Å²) < 4.78 is 5.02. The van der Waals surface area contributed by atoms with E-state index in [1.54, 1.807) is 4.90 Å². The number of carbonyl (C=O) groups is 2. The van der Waals surface area contributed by atoms with Gasteiger partial charge in [0.2, 0.25) is 0 Å². The lowest BCUT2D eigenvalue weighted by atomic mass is 10.0. The fraction of sp³-hybridized carbons (Fsp3) is 0.692. The van der Waals surface area contributed by atoms with Gasteiger partial charge in [0.15, 0.2) is 6.10 Å². The van der Waals surface area contributed by atoms with E-state index < -0.39 is 12.1 Å². The predicted molar refractivity (Wildman–Crippen MR) is 67.0 cm³/mol. The number of ether oxygens (including phenoxy) is 1.